The number of hydrazone groups is 1. The molecule has 3 aromatic carbocycles. The monoisotopic (exact) mass is 576 g/mol. The molecule has 0 radical (unpaired) electrons. The first-order chi connectivity index (χ1) is 20.2. The highest BCUT2D eigenvalue weighted by atomic mass is 19.1. The molecular formula is C31H33FN4O6. The topological polar surface area (TPSA) is 127 Å². The van der Waals surface area contributed by atoms with Gasteiger partial charge in [-0.3, -0.25) is 14.4 Å². The summed E-state index contributed by atoms with van der Waals surface area (Å²) in [4.78, 5) is 37.5. The van der Waals surface area contributed by atoms with Crippen LogP contribution in [0.4, 0.5) is 15.8 Å². The van der Waals surface area contributed by atoms with E-state index in [1.165, 1.54) is 37.4 Å². The summed E-state index contributed by atoms with van der Waals surface area (Å²) in [6.45, 7) is 7.06. The highest BCUT2D eigenvalue weighted by Crippen LogP contribution is 2.33. The van der Waals surface area contributed by atoms with Crippen LogP contribution in [0.2, 0.25) is 0 Å². The lowest BCUT2D eigenvalue weighted by Crippen LogP contribution is -2.34. The third kappa shape index (κ3) is 9.19. The molecule has 0 fully saturated rings. The van der Waals surface area contributed by atoms with Crippen molar-refractivity contribution in [3.8, 4) is 17.2 Å². The number of benzene rings is 3. The van der Waals surface area contributed by atoms with Crippen molar-refractivity contribution in [2.24, 2.45) is 11.0 Å². The van der Waals surface area contributed by atoms with Crippen molar-refractivity contribution in [1.82, 2.24) is 5.43 Å². The zero-order valence-electron chi connectivity index (χ0n) is 23.6. The van der Waals surface area contributed by atoms with Gasteiger partial charge < -0.3 is 24.8 Å². The van der Waals surface area contributed by atoms with E-state index in [1.54, 1.807) is 56.5 Å². The molecule has 0 saturated heterocycles. The summed E-state index contributed by atoms with van der Waals surface area (Å²) in [5.74, 6) is -1.59. The Balaban J connectivity index is 1.66. The van der Waals surface area contributed by atoms with Crippen LogP contribution in [0, 0.1) is 11.7 Å². The Bertz CT molecular complexity index is 1420. The zero-order valence-corrected chi connectivity index (χ0v) is 23.6. The Morgan fingerprint density at radius 1 is 0.976 bits per heavy atom. The Morgan fingerprint density at radius 3 is 2.29 bits per heavy atom. The second-order valence-electron chi connectivity index (χ2n) is 8.95. The number of nitrogens with zero attached hydrogens (tertiary/aromatic N) is 1. The van der Waals surface area contributed by atoms with E-state index < -0.39 is 29.5 Å². The molecule has 0 saturated carbocycles. The van der Waals surface area contributed by atoms with Crippen LogP contribution in [-0.2, 0) is 20.8 Å². The molecule has 0 bridgehead atoms. The molecule has 1 atom stereocenters. The molecule has 0 heterocycles. The van der Waals surface area contributed by atoms with Crippen LogP contribution in [0.3, 0.4) is 0 Å². The van der Waals surface area contributed by atoms with E-state index in [4.69, 9.17) is 14.2 Å². The first-order valence-electron chi connectivity index (χ1n) is 13.1. The summed E-state index contributed by atoms with van der Waals surface area (Å²) in [5, 5.41) is 9.32. The number of carbonyl (C=O) groups is 3. The minimum absolute atomic E-state index is 0.318. The first kappa shape index (κ1) is 31.3. The Kier molecular flexibility index (Phi) is 11.6. The van der Waals surface area contributed by atoms with Crippen LogP contribution in [0.1, 0.15) is 25.0 Å². The summed E-state index contributed by atoms with van der Waals surface area (Å²) < 4.78 is 29.8. The molecule has 220 valence electrons. The highest BCUT2D eigenvalue weighted by molar-refractivity contribution is 6.06. The summed E-state index contributed by atoms with van der Waals surface area (Å²) >= 11 is 0. The van der Waals surface area contributed by atoms with Crippen LogP contribution in [0.15, 0.2) is 78.4 Å². The number of ether oxygens (including phenoxy) is 3. The fraction of sp³-hybridized carbons (Fsp3) is 0.226. The predicted octanol–water partition coefficient (Wildman–Crippen LogP) is 4.70. The number of carbonyl (C=O) groups excluding carboxylic acids is 3. The number of halogens is 1. The molecule has 10 nitrogen and oxygen atoms in total. The lowest BCUT2D eigenvalue weighted by molar-refractivity contribution is -0.131. The lowest BCUT2D eigenvalue weighted by atomic mass is 10.1. The Labute approximate surface area is 243 Å². The largest absolute Gasteiger partial charge is 0.497 e. The summed E-state index contributed by atoms with van der Waals surface area (Å²) in [7, 11) is 1.54. The van der Waals surface area contributed by atoms with E-state index in [1.807, 2.05) is 0 Å². The normalized spacial score (nSPS) is 11.3. The summed E-state index contributed by atoms with van der Waals surface area (Å²) in [6.07, 6.45) is 3.47. The maximum Gasteiger partial charge on any atom is 0.262 e. The molecule has 0 aliphatic heterocycles. The fourth-order valence-corrected chi connectivity index (χ4v) is 3.67. The fourth-order valence-electron chi connectivity index (χ4n) is 3.67. The number of rotatable bonds is 14. The van der Waals surface area contributed by atoms with E-state index in [2.05, 4.69) is 27.7 Å². The molecule has 3 amide bonds. The van der Waals surface area contributed by atoms with Crippen molar-refractivity contribution in [3.05, 3.63) is 90.3 Å². The van der Waals surface area contributed by atoms with E-state index in [9.17, 15) is 18.8 Å². The summed E-state index contributed by atoms with van der Waals surface area (Å²) in [6, 6.07) is 15.5. The third-order valence-corrected chi connectivity index (χ3v) is 5.83. The molecule has 3 rings (SSSR count). The minimum Gasteiger partial charge on any atom is -0.497 e. The van der Waals surface area contributed by atoms with E-state index >= 15 is 0 Å². The average molecular weight is 577 g/mol. The molecule has 0 aliphatic carbocycles. The standard InChI is InChI=1S/C31H33FN4O6/c1-5-7-22-16-21(18-33-36-31(39)20(3)30(38)35-25-12-14-26(40-4)15-13-25)17-27(41-6-2)29(22)42-19-28(37)34-24-10-8-23(32)9-11-24/h5,8-18,20H,1,6-7,19H2,2-4H3,(H,34,37)(H,35,38)(H,36,39). The van der Waals surface area contributed by atoms with Gasteiger partial charge in [-0.1, -0.05) is 6.08 Å². The molecule has 1 unspecified atom stereocenters. The van der Waals surface area contributed by atoms with Crippen molar-refractivity contribution in [1.29, 1.82) is 0 Å². The Hall–Kier alpha value is -5.19. The van der Waals surface area contributed by atoms with Gasteiger partial charge in [0, 0.05) is 16.9 Å². The van der Waals surface area contributed by atoms with Crippen molar-refractivity contribution in [2.75, 3.05) is 31.0 Å². The number of methoxy groups -OCH3 is 1. The van der Waals surface area contributed by atoms with Gasteiger partial charge in [0.1, 0.15) is 17.5 Å². The highest BCUT2D eigenvalue weighted by Gasteiger charge is 2.21. The van der Waals surface area contributed by atoms with Crippen molar-refractivity contribution in [3.63, 3.8) is 0 Å². The number of hydrogen-bond acceptors (Lipinski definition) is 7. The van der Waals surface area contributed by atoms with Crippen LogP contribution in [-0.4, -0.2) is 44.3 Å². The van der Waals surface area contributed by atoms with Gasteiger partial charge in [0.15, 0.2) is 18.1 Å². The van der Waals surface area contributed by atoms with Gasteiger partial charge in [-0.05, 0) is 86.5 Å². The molecule has 0 spiro atoms. The van der Waals surface area contributed by atoms with Crippen LogP contribution < -0.4 is 30.3 Å². The Morgan fingerprint density at radius 2 is 1.64 bits per heavy atom. The van der Waals surface area contributed by atoms with Crippen LogP contribution >= 0.6 is 0 Å². The SMILES string of the molecule is C=CCc1cc(C=NNC(=O)C(C)C(=O)Nc2ccc(OC)cc2)cc(OCC)c1OCC(=O)Nc1ccc(F)cc1. The molecule has 0 aromatic heterocycles. The molecule has 42 heavy (non-hydrogen) atoms. The number of nitrogens with one attached hydrogen (secondary N) is 3. The van der Waals surface area contributed by atoms with Gasteiger partial charge in [0.2, 0.25) is 5.91 Å². The maximum atomic E-state index is 13.1. The second-order valence-corrected chi connectivity index (χ2v) is 8.95. The first-order valence-corrected chi connectivity index (χ1v) is 13.1. The quantitative estimate of drug-likeness (QED) is 0.110. The van der Waals surface area contributed by atoms with Crippen LogP contribution in [0.5, 0.6) is 17.2 Å². The number of amides is 3. The maximum absolute atomic E-state index is 13.1. The molecule has 0 aliphatic rings. The van der Waals surface area contributed by atoms with E-state index in [0.717, 1.165) is 0 Å². The predicted molar refractivity (Wildman–Crippen MR) is 159 cm³/mol. The minimum atomic E-state index is -1.02. The van der Waals surface area contributed by atoms with Gasteiger partial charge in [-0.15, -0.1) is 6.58 Å². The van der Waals surface area contributed by atoms with Gasteiger partial charge in [-0.25, -0.2) is 9.82 Å². The van der Waals surface area contributed by atoms with Crippen molar-refractivity contribution < 1.29 is 33.0 Å². The van der Waals surface area contributed by atoms with Gasteiger partial charge in [0.05, 0.1) is 19.9 Å². The van der Waals surface area contributed by atoms with Crippen molar-refractivity contribution in [2.45, 2.75) is 20.3 Å². The van der Waals surface area contributed by atoms with Gasteiger partial charge in [0.25, 0.3) is 11.8 Å². The zero-order chi connectivity index (χ0) is 30.5. The number of anilines is 2. The van der Waals surface area contributed by atoms with Gasteiger partial charge in [-0.2, -0.15) is 5.10 Å². The molecule has 3 aromatic rings. The van der Waals surface area contributed by atoms with Gasteiger partial charge >= 0.3 is 0 Å². The summed E-state index contributed by atoms with van der Waals surface area (Å²) in [5.41, 5.74) is 4.59. The molecule has 3 N–H and O–H groups in total. The van der Waals surface area contributed by atoms with E-state index in [0.29, 0.717) is 52.8 Å². The molecular weight excluding hydrogens is 543 g/mol. The lowest BCUT2D eigenvalue weighted by Gasteiger charge is -2.16. The average Bonchev–Trinajstić information content (AvgIpc) is 2.98. The van der Waals surface area contributed by atoms with Crippen LogP contribution in [0.25, 0.3) is 0 Å². The second kappa shape index (κ2) is 15.6. The molecule has 11 heteroatoms. The third-order valence-electron chi connectivity index (χ3n) is 5.83. The number of hydrogen-bond donors (Lipinski definition) is 3. The smallest absolute Gasteiger partial charge is 0.262 e. The number of allylic oxidation sites excluding steroid dienone is 1. The van der Waals surface area contributed by atoms with Crippen molar-refractivity contribution >= 4 is 35.3 Å². The van der Waals surface area contributed by atoms with E-state index in [-0.39, 0.29) is 6.61 Å².